The van der Waals surface area contributed by atoms with E-state index in [1.165, 1.54) is 6.07 Å². The van der Waals surface area contributed by atoms with Crippen LogP contribution in [0.5, 0.6) is 0 Å². The molecule has 0 spiro atoms. The standard InChI is InChI=1S/C20H23FN4O/c1-13-22-17-12-25(11-8-14(17)18(23-13)24(2)3)19(26)20(9-10-20)15-6-4-5-7-16(15)21/h4-7H,8-12H2,1-3H3. The fourth-order valence-corrected chi connectivity index (χ4v) is 3.95. The zero-order valence-corrected chi connectivity index (χ0v) is 15.4. The normalized spacial score (nSPS) is 17.6. The number of hydrogen-bond acceptors (Lipinski definition) is 4. The van der Waals surface area contributed by atoms with Crippen LogP contribution in [-0.2, 0) is 23.2 Å². The van der Waals surface area contributed by atoms with Gasteiger partial charge in [0.25, 0.3) is 0 Å². The zero-order valence-electron chi connectivity index (χ0n) is 15.4. The van der Waals surface area contributed by atoms with Crippen LogP contribution in [0.1, 0.15) is 35.5 Å². The van der Waals surface area contributed by atoms with Crippen LogP contribution in [0.15, 0.2) is 24.3 Å². The summed E-state index contributed by atoms with van der Waals surface area (Å²) in [5.41, 5.74) is 1.86. The third-order valence-electron chi connectivity index (χ3n) is 5.41. The number of fused-ring (bicyclic) bond motifs is 1. The molecule has 1 aliphatic heterocycles. The Morgan fingerprint density at radius 3 is 2.62 bits per heavy atom. The number of benzene rings is 1. The van der Waals surface area contributed by atoms with E-state index in [1.807, 2.05) is 30.8 Å². The highest BCUT2D eigenvalue weighted by atomic mass is 19.1. The van der Waals surface area contributed by atoms with Crippen LogP contribution < -0.4 is 4.90 Å². The molecule has 0 atom stereocenters. The van der Waals surface area contributed by atoms with Gasteiger partial charge in [-0.1, -0.05) is 18.2 Å². The van der Waals surface area contributed by atoms with E-state index in [2.05, 4.69) is 9.97 Å². The van der Waals surface area contributed by atoms with Gasteiger partial charge in [-0.25, -0.2) is 14.4 Å². The van der Waals surface area contributed by atoms with E-state index in [0.29, 0.717) is 37.3 Å². The molecule has 0 radical (unpaired) electrons. The molecule has 1 amide bonds. The molecule has 0 bridgehead atoms. The van der Waals surface area contributed by atoms with E-state index in [1.54, 1.807) is 18.2 Å². The molecule has 136 valence electrons. The molecule has 2 heterocycles. The van der Waals surface area contributed by atoms with Crippen LogP contribution >= 0.6 is 0 Å². The van der Waals surface area contributed by atoms with E-state index in [4.69, 9.17) is 0 Å². The summed E-state index contributed by atoms with van der Waals surface area (Å²) >= 11 is 0. The summed E-state index contributed by atoms with van der Waals surface area (Å²) in [6, 6.07) is 6.65. The summed E-state index contributed by atoms with van der Waals surface area (Å²) in [5.74, 6) is 1.37. The number of aryl methyl sites for hydroxylation is 1. The number of nitrogens with zero attached hydrogens (tertiary/aromatic N) is 4. The molecule has 0 saturated heterocycles. The molecule has 2 aromatic rings. The van der Waals surface area contributed by atoms with Gasteiger partial charge in [-0.2, -0.15) is 0 Å². The number of halogens is 1. The van der Waals surface area contributed by atoms with Gasteiger partial charge >= 0.3 is 0 Å². The fraction of sp³-hybridized carbons (Fsp3) is 0.450. The van der Waals surface area contributed by atoms with Gasteiger partial charge in [-0.3, -0.25) is 4.79 Å². The lowest BCUT2D eigenvalue weighted by Crippen LogP contribution is -2.43. The number of rotatable bonds is 3. The quantitative estimate of drug-likeness (QED) is 0.850. The van der Waals surface area contributed by atoms with Crippen LogP contribution in [-0.4, -0.2) is 41.4 Å². The first-order valence-electron chi connectivity index (χ1n) is 9.00. The largest absolute Gasteiger partial charge is 0.362 e. The van der Waals surface area contributed by atoms with Crippen LogP contribution in [0, 0.1) is 12.7 Å². The fourth-order valence-electron chi connectivity index (χ4n) is 3.95. The van der Waals surface area contributed by atoms with Gasteiger partial charge in [-0.05, 0) is 32.3 Å². The maximum Gasteiger partial charge on any atom is 0.233 e. The van der Waals surface area contributed by atoms with Crippen molar-refractivity contribution in [1.29, 1.82) is 0 Å². The molecule has 1 saturated carbocycles. The zero-order chi connectivity index (χ0) is 18.5. The second-order valence-corrected chi connectivity index (χ2v) is 7.45. The smallest absolute Gasteiger partial charge is 0.233 e. The predicted octanol–water partition coefficient (Wildman–Crippen LogP) is 2.61. The SMILES string of the molecule is Cc1nc2c(c(N(C)C)n1)CCN(C(=O)C1(c3ccccc3F)CC1)C2. The first-order chi connectivity index (χ1) is 12.4. The average Bonchev–Trinajstić information content (AvgIpc) is 3.41. The van der Waals surface area contributed by atoms with Gasteiger partial charge in [0.15, 0.2) is 0 Å². The third kappa shape index (κ3) is 2.64. The first-order valence-corrected chi connectivity index (χ1v) is 9.00. The number of aromatic nitrogens is 2. The van der Waals surface area contributed by atoms with Crippen LogP contribution in [0.25, 0.3) is 0 Å². The monoisotopic (exact) mass is 354 g/mol. The number of carbonyl (C=O) groups is 1. The molecule has 0 N–H and O–H groups in total. The molecule has 26 heavy (non-hydrogen) atoms. The molecule has 2 aliphatic rings. The molecule has 1 aromatic heterocycles. The van der Waals surface area contributed by atoms with Gasteiger partial charge in [0.1, 0.15) is 17.5 Å². The highest BCUT2D eigenvalue weighted by Crippen LogP contribution is 2.50. The van der Waals surface area contributed by atoms with Crippen molar-refractivity contribution >= 4 is 11.7 Å². The minimum Gasteiger partial charge on any atom is -0.362 e. The van der Waals surface area contributed by atoms with Gasteiger partial charge in [0.05, 0.1) is 17.7 Å². The Morgan fingerprint density at radius 2 is 1.96 bits per heavy atom. The lowest BCUT2D eigenvalue weighted by Gasteiger charge is -2.33. The molecular weight excluding hydrogens is 331 g/mol. The Labute approximate surface area is 152 Å². The summed E-state index contributed by atoms with van der Waals surface area (Å²) in [6.07, 6.45) is 2.14. The van der Waals surface area contributed by atoms with E-state index in [0.717, 1.165) is 23.5 Å². The topological polar surface area (TPSA) is 49.3 Å². The Morgan fingerprint density at radius 1 is 1.23 bits per heavy atom. The van der Waals surface area contributed by atoms with Crippen molar-refractivity contribution in [2.45, 2.75) is 38.1 Å². The summed E-state index contributed by atoms with van der Waals surface area (Å²) in [7, 11) is 3.94. The van der Waals surface area contributed by atoms with Gasteiger partial charge in [-0.15, -0.1) is 0 Å². The van der Waals surface area contributed by atoms with Crippen molar-refractivity contribution in [2.24, 2.45) is 0 Å². The van der Waals surface area contributed by atoms with E-state index >= 15 is 0 Å². The molecule has 6 heteroatoms. The molecular formula is C20H23FN4O. The first kappa shape index (κ1) is 16.9. The van der Waals surface area contributed by atoms with Crippen LogP contribution in [0.3, 0.4) is 0 Å². The van der Waals surface area contributed by atoms with Gasteiger partial charge in [0.2, 0.25) is 5.91 Å². The van der Waals surface area contributed by atoms with E-state index < -0.39 is 5.41 Å². The Bertz CT molecular complexity index is 876. The Hall–Kier alpha value is -2.50. The van der Waals surface area contributed by atoms with Gasteiger partial charge < -0.3 is 9.80 Å². The predicted molar refractivity (Wildman–Crippen MR) is 97.5 cm³/mol. The van der Waals surface area contributed by atoms with Crippen molar-refractivity contribution in [1.82, 2.24) is 14.9 Å². The number of hydrogen-bond donors (Lipinski definition) is 0. The number of amides is 1. The Balaban J connectivity index is 1.64. The molecule has 4 rings (SSSR count). The number of carbonyl (C=O) groups excluding carboxylic acids is 1. The second-order valence-electron chi connectivity index (χ2n) is 7.45. The summed E-state index contributed by atoms with van der Waals surface area (Å²) in [6.45, 7) is 2.96. The summed E-state index contributed by atoms with van der Waals surface area (Å²) in [5, 5.41) is 0. The van der Waals surface area contributed by atoms with E-state index in [-0.39, 0.29) is 11.7 Å². The molecule has 0 unspecified atom stereocenters. The lowest BCUT2D eigenvalue weighted by atomic mass is 9.92. The third-order valence-corrected chi connectivity index (χ3v) is 5.41. The van der Waals surface area contributed by atoms with Crippen molar-refractivity contribution in [2.75, 3.05) is 25.5 Å². The highest BCUT2D eigenvalue weighted by Gasteiger charge is 2.54. The maximum absolute atomic E-state index is 14.3. The number of anilines is 1. The molecule has 5 nitrogen and oxygen atoms in total. The average molecular weight is 354 g/mol. The highest BCUT2D eigenvalue weighted by molar-refractivity contribution is 5.91. The summed E-state index contributed by atoms with van der Waals surface area (Å²) in [4.78, 5) is 26.2. The van der Waals surface area contributed by atoms with Crippen LogP contribution in [0.2, 0.25) is 0 Å². The Kier molecular flexibility index (Phi) is 3.93. The second kappa shape index (κ2) is 6.04. The molecule has 1 aliphatic carbocycles. The lowest BCUT2D eigenvalue weighted by molar-refractivity contribution is -0.135. The van der Waals surface area contributed by atoms with Crippen molar-refractivity contribution in [3.05, 3.63) is 52.7 Å². The molecule has 1 aromatic carbocycles. The van der Waals surface area contributed by atoms with Crippen LogP contribution in [0.4, 0.5) is 10.2 Å². The van der Waals surface area contributed by atoms with Crippen molar-refractivity contribution in [3.63, 3.8) is 0 Å². The maximum atomic E-state index is 14.3. The summed E-state index contributed by atoms with van der Waals surface area (Å²) < 4.78 is 14.3. The molecule has 1 fully saturated rings. The minimum absolute atomic E-state index is 0.0240. The minimum atomic E-state index is -0.685. The van der Waals surface area contributed by atoms with Gasteiger partial charge in [0, 0.05) is 31.8 Å². The van der Waals surface area contributed by atoms with E-state index in [9.17, 15) is 9.18 Å². The van der Waals surface area contributed by atoms with Crippen molar-refractivity contribution < 1.29 is 9.18 Å². The van der Waals surface area contributed by atoms with Crippen molar-refractivity contribution in [3.8, 4) is 0 Å².